The van der Waals surface area contributed by atoms with Gasteiger partial charge in [-0.3, -0.25) is 0 Å². The summed E-state index contributed by atoms with van der Waals surface area (Å²) < 4.78 is 5.38. The van der Waals surface area contributed by atoms with Crippen LogP contribution >= 0.6 is 0 Å². The molecule has 5 nitrogen and oxygen atoms in total. The molecule has 1 fully saturated rings. The Kier molecular flexibility index (Phi) is 6.07. The summed E-state index contributed by atoms with van der Waals surface area (Å²) in [7, 11) is 1.82. The minimum atomic E-state index is -0.427. The van der Waals surface area contributed by atoms with Gasteiger partial charge in [-0.05, 0) is 34.1 Å². The van der Waals surface area contributed by atoms with Crippen LogP contribution < -0.4 is 5.32 Å². The second-order valence-corrected chi connectivity index (χ2v) is 6.32. The summed E-state index contributed by atoms with van der Waals surface area (Å²) >= 11 is 0. The maximum atomic E-state index is 11.9. The molecule has 0 aromatic heterocycles. The van der Waals surface area contributed by atoms with E-state index >= 15 is 0 Å². The zero-order valence-electron chi connectivity index (χ0n) is 13.0. The van der Waals surface area contributed by atoms with Gasteiger partial charge in [0.15, 0.2) is 0 Å². The van der Waals surface area contributed by atoms with E-state index in [4.69, 9.17) is 4.74 Å². The molecule has 1 aliphatic rings. The fraction of sp³-hybridized carbons (Fsp3) is 0.929. The zero-order valence-corrected chi connectivity index (χ0v) is 13.0. The number of carbonyl (C=O) groups is 1. The van der Waals surface area contributed by atoms with Crippen molar-refractivity contribution in [1.29, 1.82) is 0 Å². The largest absolute Gasteiger partial charge is 0.444 e. The predicted octanol–water partition coefficient (Wildman–Crippen LogP) is 1.54. The first kappa shape index (κ1) is 16.2. The molecule has 0 saturated carbocycles. The molecule has 1 N–H and O–H groups in total. The Labute approximate surface area is 117 Å². The van der Waals surface area contributed by atoms with Crippen molar-refractivity contribution in [3.8, 4) is 0 Å². The van der Waals surface area contributed by atoms with E-state index in [0.717, 1.165) is 39.1 Å². The van der Waals surface area contributed by atoms with Crippen LogP contribution in [0.2, 0.25) is 0 Å². The molecule has 1 saturated heterocycles. The zero-order chi connectivity index (χ0) is 14.5. The van der Waals surface area contributed by atoms with Crippen LogP contribution in [0.5, 0.6) is 0 Å². The molecular weight excluding hydrogens is 242 g/mol. The Hall–Kier alpha value is -0.810. The number of rotatable bonds is 4. The number of carbonyl (C=O) groups excluding carboxylic acids is 1. The van der Waals surface area contributed by atoms with Gasteiger partial charge in [-0.15, -0.1) is 0 Å². The Morgan fingerprint density at radius 1 is 1.37 bits per heavy atom. The number of nitrogens with zero attached hydrogens (tertiary/aromatic N) is 2. The van der Waals surface area contributed by atoms with Crippen molar-refractivity contribution in [3.63, 3.8) is 0 Å². The highest BCUT2D eigenvalue weighted by atomic mass is 16.6. The van der Waals surface area contributed by atoms with Crippen molar-refractivity contribution in [3.05, 3.63) is 0 Å². The minimum Gasteiger partial charge on any atom is -0.444 e. The lowest BCUT2D eigenvalue weighted by molar-refractivity contribution is 0.0221. The molecule has 1 rings (SSSR count). The van der Waals surface area contributed by atoms with Crippen LogP contribution in [0.15, 0.2) is 0 Å². The van der Waals surface area contributed by atoms with Crippen LogP contribution in [-0.2, 0) is 4.74 Å². The van der Waals surface area contributed by atoms with Gasteiger partial charge in [-0.2, -0.15) is 0 Å². The van der Waals surface area contributed by atoms with E-state index in [-0.39, 0.29) is 12.1 Å². The Morgan fingerprint density at radius 2 is 1.95 bits per heavy atom. The maximum absolute atomic E-state index is 11.9. The third kappa shape index (κ3) is 6.25. The fourth-order valence-corrected chi connectivity index (χ4v) is 2.01. The van der Waals surface area contributed by atoms with Gasteiger partial charge in [0, 0.05) is 45.8 Å². The molecule has 0 radical (unpaired) electrons. The first-order valence-corrected chi connectivity index (χ1v) is 7.18. The van der Waals surface area contributed by atoms with Crippen molar-refractivity contribution >= 4 is 6.09 Å². The van der Waals surface area contributed by atoms with Crippen molar-refractivity contribution in [2.24, 2.45) is 0 Å². The second-order valence-electron chi connectivity index (χ2n) is 6.32. The van der Waals surface area contributed by atoms with E-state index in [0.29, 0.717) is 0 Å². The van der Waals surface area contributed by atoms with Gasteiger partial charge in [-0.1, -0.05) is 0 Å². The lowest BCUT2D eigenvalue weighted by Crippen LogP contribution is -2.46. The van der Waals surface area contributed by atoms with Gasteiger partial charge < -0.3 is 19.9 Å². The Balaban J connectivity index is 2.31. The van der Waals surface area contributed by atoms with E-state index in [1.165, 1.54) is 0 Å². The van der Waals surface area contributed by atoms with Crippen molar-refractivity contribution < 1.29 is 9.53 Å². The first-order chi connectivity index (χ1) is 8.79. The van der Waals surface area contributed by atoms with Crippen LogP contribution in [0.3, 0.4) is 0 Å². The number of amides is 1. The van der Waals surface area contributed by atoms with Crippen molar-refractivity contribution in [1.82, 2.24) is 15.1 Å². The molecule has 0 spiro atoms. The summed E-state index contributed by atoms with van der Waals surface area (Å²) in [5, 5.41) is 3.34. The van der Waals surface area contributed by atoms with E-state index in [1.54, 1.807) is 4.90 Å². The number of ether oxygens (including phenoxy) is 1. The molecule has 1 amide bonds. The highest BCUT2D eigenvalue weighted by Crippen LogP contribution is 2.12. The molecule has 0 aromatic carbocycles. The monoisotopic (exact) mass is 271 g/mol. The molecule has 0 aliphatic carbocycles. The van der Waals surface area contributed by atoms with Crippen LogP contribution in [0.1, 0.15) is 34.1 Å². The molecule has 112 valence electrons. The number of nitrogens with one attached hydrogen (secondary N) is 1. The average molecular weight is 271 g/mol. The predicted molar refractivity (Wildman–Crippen MR) is 77.4 cm³/mol. The minimum absolute atomic E-state index is 0.199. The van der Waals surface area contributed by atoms with Crippen LogP contribution in [0.25, 0.3) is 0 Å². The van der Waals surface area contributed by atoms with E-state index in [9.17, 15) is 4.79 Å². The molecule has 0 aromatic rings. The highest BCUT2D eigenvalue weighted by Gasteiger charge is 2.23. The van der Waals surface area contributed by atoms with Gasteiger partial charge in [0.2, 0.25) is 0 Å². The maximum Gasteiger partial charge on any atom is 0.410 e. The second kappa shape index (κ2) is 7.10. The number of piperazine rings is 1. The van der Waals surface area contributed by atoms with Crippen molar-refractivity contribution in [2.75, 3.05) is 39.8 Å². The number of hydrogen-bond donors (Lipinski definition) is 1. The Morgan fingerprint density at radius 3 is 2.47 bits per heavy atom. The first-order valence-electron chi connectivity index (χ1n) is 7.18. The smallest absolute Gasteiger partial charge is 0.410 e. The molecule has 5 heteroatoms. The van der Waals surface area contributed by atoms with Gasteiger partial charge in [-0.25, -0.2) is 4.79 Å². The standard InChI is InChI=1S/C14H29N3O2/c1-12(6-9-17-10-7-15-8-11-17)16(5)13(18)19-14(2,3)4/h12,15H,6-11H2,1-5H3. The summed E-state index contributed by atoms with van der Waals surface area (Å²) in [5.41, 5.74) is -0.427. The lowest BCUT2D eigenvalue weighted by atomic mass is 10.2. The SMILES string of the molecule is CC(CCN1CCNCC1)N(C)C(=O)OC(C)(C)C. The Bertz CT molecular complexity index is 283. The topological polar surface area (TPSA) is 44.8 Å². The molecular formula is C14H29N3O2. The molecule has 0 bridgehead atoms. The highest BCUT2D eigenvalue weighted by molar-refractivity contribution is 5.68. The normalized spacial score (nSPS) is 19.0. The molecule has 19 heavy (non-hydrogen) atoms. The summed E-state index contributed by atoms with van der Waals surface area (Å²) in [6, 6.07) is 0.199. The molecule has 1 unspecified atom stereocenters. The summed E-state index contributed by atoms with van der Waals surface area (Å²) in [4.78, 5) is 16.1. The van der Waals surface area contributed by atoms with Gasteiger partial charge in [0.1, 0.15) is 5.60 Å². The lowest BCUT2D eigenvalue weighted by Gasteiger charge is -2.31. The number of hydrogen-bond acceptors (Lipinski definition) is 4. The third-order valence-electron chi connectivity index (χ3n) is 3.42. The van der Waals surface area contributed by atoms with E-state index in [2.05, 4.69) is 17.1 Å². The summed E-state index contributed by atoms with van der Waals surface area (Å²) in [6.45, 7) is 13.1. The van der Waals surface area contributed by atoms with Crippen LogP contribution in [0, 0.1) is 0 Å². The quantitative estimate of drug-likeness (QED) is 0.842. The van der Waals surface area contributed by atoms with Crippen LogP contribution in [0.4, 0.5) is 4.79 Å². The van der Waals surface area contributed by atoms with E-state index < -0.39 is 5.60 Å². The van der Waals surface area contributed by atoms with Gasteiger partial charge in [0.05, 0.1) is 0 Å². The van der Waals surface area contributed by atoms with Gasteiger partial charge in [0.25, 0.3) is 0 Å². The molecule has 1 aliphatic heterocycles. The van der Waals surface area contributed by atoms with Crippen LogP contribution in [-0.4, -0.2) is 67.3 Å². The summed E-state index contributed by atoms with van der Waals surface area (Å²) in [5.74, 6) is 0. The van der Waals surface area contributed by atoms with E-state index in [1.807, 2.05) is 27.8 Å². The van der Waals surface area contributed by atoms with Gasteiger partial charge >= 0.3 is 6.09 Å². The average Bonchev–Trinajstić information content (AvgIpc) is 2.34. The fourth-order valence-electron chi connectivity index (χ4n) is 2.01. The third-order valence-corrected chi connectivity index (χ3v) is 3.42. The molecule has 1 heterocycles. The summed E-state index contributed by atoms with van der Waals surface area (Å²) in [6.07, 6.45) is 0.746. The van der Waals surface area contributed by atoms with Crippen molar-refractivity contribution in [2.45, 2.75) is 45.8 Å². The molecule has 1 atom stereocenters.